The van der Waals surface area contributed by atoms with Crippen molar-refractivity contribution < 1.29 is 22.7 Å². The fourth-order valence-corrected chi connectivity index (χ4v) is 2.56. The van der Waals surface area contributed by atoms with E-state index in [1.54, 1.807) is 7.11 Å². The van der Waals surface area contributed by atoms with Crippen LogP contribution in [0.25, 0.3) is 0 Å². The van der Waals surface area contributed by atoms with Gasteiger partial charge in [-0.05, 0) is 36.2 Å². The maximum Gasteiger partial charge on any atom is 0.418 e. The van der Waals surface area contributed by atoms with Crippen LogP contribution in [0.3, 0.4) is 0 Å². The van der Waals surface area contributed by atoms with Gasteiger partial charge in [0.2, 0.25) is 5.91 Å². The first-order valence-electron chi connectivity index (χ1n) is 7.80. The van der Waals surface area contributed by atoms with Crippen LogP contribution in [-0.2, 0) is 17.4 Å². The number of alkyl halides is 3. The zero-order valence-corrected chi connectivity index (χ0v) is 14.7. The molecule has 0 heterocycles. The maximum absolute atomic E-state index is 13.0. The third kappa shape index (κ3) is 5.56. The number of benzene rings is 2. The van der Waals surface area contributed by atoms with Gasteiger partial charge in [0.15, 0.2) is 0 Å². The van der Waals surface area contributed by atoms with Gasteiger partial charge >= 0.3 is 6.18 Å². The van der Waals surface area contributed by atoms with Crippen molar-refractivity contribution in [2.24, 2.45) is 0 Å². The van der Waals surface area contributed by atoms with Gasteiger partial charge < -0.3 is 15.4 Å². The molecule has 26 heavy (non-hydrogen) atoms. The lowest BCUT2D eigenvalue weighted by molar-refractivity contribution is -0.137. The van der Waals surface area contributed by atoms with E-state index >= 15 is 0 Å². The lowest BCUT2D eigenvalue weighted by atomic mass is 10.1. The van der Waals surface area contributed by atoms with Crippen LogP contribution in [0, 0.1) is 0 Å². The smallest absolute Gasteiger partial charge is 0.418 e. The summed E-state index contributed by atoms with van der Waals surface area (Å²) in [5.41, 5.74) is -0.172. The molecule has 0 atom stereocenters. The van der Waals surface area contributed by atoms with E-state index in [1.165, 1.54) is 12.1 Å². The van der Waals surface area contributed by atoms with Crippen molar-refractivity contribution in [3.63, 3.8) is 0 Å². The molecule has 0 fully saturated rings. The summed E-state index contributed by atoms with van der Waals surface area (Å²) in [6.07, 6.45) is -4.02. The van der Waals surface area contributed by atoms with E-state index in [0.29, 0.717) is 13.0 Å². The van der Waals surface area contributed by atoms with Gasteiger partial charge in [-0.1, -0.05) is 29.8 Å². The molecule has 0 aromatic heterocycles. The largest absolute Gasteiger partial charge is 0.496 e. The van der Waals surface area contributed by atoms with Gasteiger partial charge in [0.25, 0.3) is 0 Å². The number of nitrogens with one attached hydrogen (secondary N) is 2. The quantitative estimate of drug-likeness (QED) is 0.752. The molecule has 0 bridgehead atoms. The van der Waals surface area contributed by atoms with Gasteiger partial charge in [0.1, 0.15) is 5.75 Å². The zero-order valence-electron chi connectivity index (χ0n) is 14.0. The number of ether oxygens (including phenoxy) is 1. The van der Waals surface area contributed by atoms with E-state index in [1.807, 2.05) is 24.3 Å². The van der Waals surface area contributed by atoms with Crippen molar-refractivity contribution in [1.29, 1.82) is 0 Å². The fourth-order valence-electron chi connectivity index (χ4n) is 2.39. The SMILES string of the molecule is COc1ccccc1CCNC(=O)CNc1ccc(Cl)cc1C(F)(F)F. The minimum atomic E-state index is -4.56. The molecule has 0 aliphatic heterocycles. The lowest BCUT2D eigenvalue weighted by Crippen LogP contribution is -2.31. The summed E-state index contributed by atoms with van der Waals surface area (Å²) in [5.74, 6) is 0.304. The van der Waals surface area contributed by atoms with Gasteiger partial charge in [-0.15, -0.1) is 0 Å². The van der Waals surface area contributed by atoms with Gasteiger partial charge in [-0.2, -0.15) is 13.2 Å². The van der Waals surface area contributed by atoms with Crippen LogP contribution in [0.4, 0.5) is 18.9 Å². The molecule has 4 nitrogen and oxygen atoms in total. The number of carbonyl (C=O) groups excluding carboxylic acids is 1. The Hall–Kier alpha value is -2.41. The molecule has 140 valence electrons. The molecule has 2 aromatic carbocycles. The second-order valence-electron chi connectivity index (χ2n) is 5.45. The van der Waals surface area contributed by atoms with E-state index in [2.05, 4.69) is 10.6 Å². The molecule has 0 saturated heterocycles. The van der Waals surface area contributed by atoms with Crippen LogP contribution >= 0.6 is 11.6 Å². The number of carbonyl (C=O) groups is 1. The number of amides is 1. The summed E-state index contributed by atoms with van der Waals surface area (Å²) in [6, 6.07) is 10.8. The monoisotopic (exact) mass is 386 g/mol. The number of halogens is 4. The summed E-state index contributed by atoms with van der Waals surface area (Å²) in [6.45, 7) is 0.0598. The summed E-state index contributed by atoms with van der Waals surface area (Å²) < 4.78 is 44.2. The third-order valence-electron chi connectivity index (χ3n) is 3.64. The van der Waals surface area contributed by atoms with Crippen molar-refractivity contribution in [3.8, 4) is 5.75 Å². The Kier molecular flexibility index (Phi) is 6.74. The molecule has 0 aliphatic carbocycles. The van der Waals surface area contributed by atoms with E-state index < -0.39 is 17.6 Å². The molecule has 0 radical (unpaired) electrons. The number of hydrogen-bond donors (Lipinski definition) is 2. The minimum Gasteiger partial charge on any atom is -0.496 e. The van der Waals surface area contributed by atoms with Crippen LogP contribution in [0.5, 0.6) is 5.75 Å². The van der Waals surface area contributed by atoms with Crippen molar-refractivity contribution in [2.45, 2.75) is 12.6 Å². The standard InChI is InChI=1S/C18H18ClF3N2O2/c1-26-16-5-3-2-4-12(16)8-9-23-17(25)11-24-15-7-6-13(19)10-14(15)18(20,21)22/h2-7,10,24H,8-9,11H2,1H3,(H,23,25). The normalized spacial score (nSPS) is 11.1. The Balaban J connectivity index is 1.88. The molecule has 2 rings (SSSR count). The van der Waals surface area contributed by atoms with E-state index in [4.69, 9.17) is 16.3 Å². The average molecular weight is 387 g/mol. The average Bonchev–Trinajstić information content (AvgIpc) is 2.60. The number of anilines is 1. The molecule has 8 heteroatoms. The first-order chi connectivity index (χ1) is 12.3. The molecule has 0 aliphatic rings. The molecule has 2 aromatic rings. The topological polar surface area (TPSA) is 50.4 Å². The Morgan fingerprint density at radius 1 is 1.19 bits per heavy atom. The maximum atomic E-state index is 13.0. The highest BCUT2D eigenvalue weighted by atomic mass is 35.5. The number of methoxy groups -OCH3 is 1. The van der Waals surface area contributed by atoms with Crippen LogP contribution in [0.2, 0.25) is 5.02 Å². The Labute approximate surface area is 154 Å². The van der Waals surface area contributed by atoms with E-state index in [9.17, 15) is 18.0 Å². The molecular weight excluding hydrogens is 369 g/mol. The number of hydrogen-bond acceptors (Lipinski definition) is 3. The summed E-state index contributed by atoms with van der Waals surface area (Å²) in [5, 5.41) is 5.14. The van der Waals surface area contributed by atoms with Crippen LogP contribution < -0.4 is 15.4 Å². The second-order valence-corrected chi connectivity index (χ2v) is 5.89. The van der Waals surface area contributed by atoms with Gasteiger partial charge in [-0.3, -0.25) is 4.79 Å². The van der Waals surface area contributed by atoms with E-state index in [-0.39, 0.29) is 17.3 Å². The van der Waals surface area contributed by atoms with Crippen LogP contribution in [0.1, 0.15) is 11.1 Å². The van der Waals surface area contributed by atoms with Crippen molar-refractivity contribution in [2.75, 3.05) is 25.5 Å². The van der Waals surface area contributed by atoms with Crippen molar-refractivity contribution >= 4 is 23.2 Å². The lowest BCUT2D eigenvalue weighted by Gasteiger charge is -2.15. The molecule has 1 amide bonds. The molecule has 0 spiro atoms. The van der Waals surface area contributed by atoms with Crippen LogP contribution in [-0.4, -0.2) is 26.1 Å². The Bertz CT molecular complexity index is 766. The summed E-state index contributed by atoms with van der Waals surface area (Å²) >= 11 is 5.62. The summed E-state index contributed by atoms with van der Waals surface area (Å²) in [7, 11) is 1.56. The number of rotatable bonds is 7. The third-order valence-corrected chi connectivity index (χ3v) is 3.87. The Morgan fingerprint density at radius 3 is 2.62 bits per heavy atom. The summed E-state index contributed by atoms with van der Waals surface area (Å²) in [4.78, 5) is 11.9. The van der Waals surface area contributed by atoms with Gasteiger partial charge in [-0.25, -0.2) is 0 Å². The molecule has 0 unspecified atom stereocenters. The zero-order chi connectivity index (χ0) is 19.2. The molecule has 2 N–H and O–H groups in total. The van der Waals surface area contributed by atoms with Gasteiger partial charge in [0.05, 0.1) is 19.2 Å². The first kappa shape index (κ1) is 19.9. The van der Waals surface area contributed by atoms with Crippen LogP contribution in [0.15, 0.2) is 42.5 Å². The minimum absolute atomic E-state index is 0.0239. The highest BCUT2D eigenvalue weighted by molar-refractivity contribution is 6.30. The number of para-hydroxylation sites is 1. The highest BCUT2D eigenvalue weighted by Crippen LogP contribution is 2.36. The highest BCUT2D eigenvalue weighted by Gasteiger charge is 2.33. The second kappa shape index (κ2) is 8.80. The molecule has 0 saturated carbocycles. The van der Waals surface area contributed by atoms with E-state index in [0.717, 1.165) is 17.4 Å². The first-order valence-corrected chi connectivity index (χ1v) is 8.18. The Morgan fingerprint density at radius 2 is 1.92 bits per heavy atom. The molecular formula is C18H18ClF3N2O2. The van der Waals surface area contributed by atoms with Crippen molar-refractivity contribution in [1.82, 2.24) is 5.32 Å². The predicted octanol–water partition coefficient (Wildman–Crippen LogP) is 4.14. The van der Waals surface area contributed by atoms with Gasteiger partial charge in [0, 0.05) is 17.3 Å². The fraction of sp³-hybridized carbons (Fsp3) is 0.278. The predicted molar refractivity (Wildman–Crippen MR) is 94.7 cm³/mol. The van der Waals surface area contributed by atoms with Crippen molar-refractivity contribution in [3.05, 3.63) is 58.6 Å².